The molecular formula is C48H28N2OS. The maximum atomic E-state index is 6.26. The van der Waals surface area contributed by atoms with E-state index in [9.17, 15) is 0 Å². The van der Waals surface area contributed by atoms with Gasteiger partial charge in [-0.2, -0.15) is 0 Å². The molecule has 0 unspecified atom stereocenters. The first kappa shape index (κ1) is 28.1. The third-order valence-electron chi connectivity index (χ3n) is 10.9. The molecule has 4 heterocycles. The summed E-state index contributed by atoms with van der Waals surface area (Å²) in [6, 6.07) is 61.8. The van der Waals surface area contributed by atoms with E-state index in [0.29, 0.717) is 0 Å². The van der Waals surface area contributed by atoms with E-state index in [2.05, 4.69) is 167 Å². The van der Waals surface area contributed by atoms with Crippen LogP contribution in [0.15, 0.2) is 174 Å². The molecule has 0 saturated heterocycles. The molecular weight excluding hydrogens is 653 g/mol. The molecule has 0 saturated carbocycles. The van der Waals surface area contributed by atoms with Crippen molar-refractivity contribution in [2.45, 2.75) is 0 Å². The zero-order valence-corrected chi connectivity index (χ0v) is 28.7. The van der Waals surface area contributed by atoms with Gasteiger partial charge in [-0.25, -0.2) is 0 Å². The van der Waals surface area contributed by atoms with E-state index in [4.69, 9.17) is 4.42 Å². The Bertz CT molecular complexity index is 3410. The molecule has 12 aromatic rings. The fourth-order valence-electron chi connectivity index (χ4n) is 8.56. The largest absolute Gasteiger partial charge is 0.456 e. The molecule has 52 heavy (non-hydrogen) atoms. The first-order chi connectivity index (χ1) is 25.8. The second-order valence-corrected chi connectivity index (χ2v) is 14.8. The van der Waals surface area contributed by atoms with Crippen molar-refractivity contribution in [3.8, 4) is 22.5 Å². The Kier molecular flexibility index (Phi) is 5.65. The van der Waals surface area contributed by atoms with Crippen molar-refractivity contribution in [1.29, 1.82) is 0 Å². The number of rotatable bonds is 3. The van der Waals surface area contributed by atoms with Crippen LogP contribution in [0.25, 0.3) is 108 Å². The first-order valence-corrected chi connectivity index (χ1v) is 18.5. The van der Waals surface area contributed by atoms with Crippen LogP contribution < -0.4 is 0 Å². The van der Waals surface area contributed by atoms with E-state index in [1.165, 1.54) is 97.1 Å². The maximum Gasteiger partial charge on any atom is 0.136 e. The Balaban J connectivity index is 1.02. The average Bonchev–Trinajstić information content (AvgIpc) is 3.94. The summed E-state index contributed by atoms with van der Waals surface area (Å²) in [6.45, 7) is 0. The van der Waals surface area contributed by atoms with Gasteiger partial charge in [-0.3, -0.25) is 0 Å². The lowest BCUT2D eigenvalue weighted by Crippen LogP contribution is -1.93. The number of hydrogen-bond acceptors (Lipinski definition) is 2. The van der Waals surface area contributed by atoms with Gasteiger partial charge in [-0.1, -0.05) is 91.0 Å². The van der Waals surface area contributed by atoms with Crippen LogP contribution >= 0.6 is 11.3 Å². The van der Waals surface area contributed by atoms with Crippen molar-refractivity contribution in [2.75, 3.05) is 0 Å². The van der Waals surface area contributed by atoms with Crippen LogP contribution in [-0.4, -0.2) is 9.13 Å². The van der Waals surface area contributed by atoms with Crippen LogP contribution in [0.5, 0.6) is 0 Å². The van der Waals surface area contributed by atoms with Gasteiger partial charge in [0.15, 0.2) is 0 Å². The molecule has 8 aromatic carbocycles. The van der Waals surface area contributed by atoms with Crippen LogP contribution in [0.2, 0.25) is 0 Å². The summed E-state index contributed by atoms with van der Waals surface area (Å²) >= 11 is 1.86. The quantitative estimate of drug-likeness (QED) is 0.182. The van der Waals surface area contributed by atoms with Gasteiger partial charge in [0.1, 0.15) is 11.2 Å². The number of thiophene rings is 1. The van der Waals surface area contributed by atoms with Crippen LogP contribution in [0, 0.1) is 0 Å². The van der Waals surface area contributed by atoms with Gasteiger partial charge in [0.25, 0.3) is 0 Å². The summed E-state index contributed by atoms with van der Waals surface area (Å²) in [5.74, 6) is 0. The lowest BCUT2D eigenvalue weighted by atomic mass is 10.0. The van der Waals surface area contributed by atoms with Crippen LogP contribution in [0.1, 0.15) is 0 Å². The highest BCUT2D eigenvalue weighted by molar-refractivity contribution is 7.25. The molecule has 12 rings (SSSR count). The monoisotopic (exact) mass is 680 g/mol. The summed E-state index contributed by atoms with van der Waals surface area (Å²) in [5, 5.41) is 9.88. The third-order valence-corrected chi connectivity index (χ3v) is 12.0. The maximum absolute atomic E-state index is 6.26. The summed E-state index contributed by atoms with van der Waals surface area (Å²) in [5.41, 5.74) is 11.5. The molecule has 0 N–H and O–H groups in total. The number of furan rings is 1. The topological polar surface area (TPSA) is 23.0 Å². The van der Waals surface area contributed by atoms with Crippen molar-refractivity contribution in [2.24, 2.45) is 0 Å². The fourth-order valence-corrected chi connectivity index (χ4v) is 9.72. The Morgan fingerprint density at radius 1 is 0.327 bits per heavy atom. The molecule has 3 nitrogen and oxygen atoms in total. The molecule has 0 atom stereocenters. The number of nitrogens with zero attached hydrogens (tertiary/aromatic N) is 2. The lowest BCUT2D eigenvalue weighted by molar-refractivity contribution is 0.669. The van der Waals surface area contributed by atoms with Gasteiger partial charge in [0.2, 0.25) is 0 Å². The van der Waals surface area contributed by atoms with Crippen molar-refractivity contribution >= 4 is 97.1 Å². The molecule has 0 aliphatic rings. The fraction of sp³-hybridized carbons (Fsp3) is 0. The van der Waals surface area contributed by atoms with E-state index in [-0.39, 0.29) is 0 Å². The van der Waals surface area contributed by atoms with Crippen molar-refractivity contribution in [1.82, 2.24) is 9.13 Å². The second kappa shape index (κ2) is 10.5. The zero-order chi connectivity index (χ0) is 33.9. The Labute approximate surface area is 301 Å². The standard InChI is InChI=1S/C48H28N2OS/c1-2-10-31(11-3-1)49-41-15-7-4-12-33(41)37-24-29(18-22-43(37)49)30-19-23-44-38(25-30)34-13-5-8-16-42(34)50(44)32-20-21-36-40-27-46-39(28-48(40)52-47(36)26-32)35-14-6-9-17-45(35)51-46/h1-28H. The van der Waals surface area contributed by atoms with Crippen molar-refractivity contribution in [3.05, 3.63) is 170 Å². The van der Waals surface area contributed by atoms with Crippen LogP contribution in [0.4, 0.5) is 0 Å². The van der Waals surface area contributed by atoms with Gasteiger partial charge in [0.05, 0.1) is 22.1 Å². The highest BCUT2D eigenvalue weighted by atomic mass is 32.1. The Hall–Kier alpha value is -6.62. The molecule has 0 bridgehead atoms. The number of benzene rings is 8. The predicted octanol–water partition coefficient (Wildman–Crippen LogP) is 13.8. The highest BCUT2D eigenvalue weighted by Crippen LogP contribution is 2.42. The lowest BCUT2D eigenvalue weighted by Gasteiger charge is -2.09. The first-order valence-electron chi connectivity index (χ1n) is 17.7. The molecule has 0 aliphatic heterocycles. The summed E-state index contributed by atoms with van der Waals surface area (Å²) in [4.78, 5) is 0. The Morgan fingerprint density at radius 3 is 1.62 bits per heavy atom. The molecule has 0 fully saturated rings. The minimum Gasteiger partial charge on any atom is -0.456 e. The average molecular weight is 681 g/mol. The SMILES string of the molecule is c1ccc(-n2c3ccccc3c3cc(-c4ccc5c(c4)c4ccccc4n5-c4ccc5c(c4)sc4cc6c(cc45)oc4ccccc46)ccc32)cc1. The molecule has 0 spiro atoms. The third kappa shape index (κ3) is 3.90. The molecule has 0 radical (unpaired) electrons. The van der Waals surface area contributed by atoms with Gasteiger partial charge in [0, 0.05) is 63.9 Å². The second-order valence-electron chi connectivity index (χ2n) is 13.7. The summed E-state index contributed by atoms with van der Waals surface area (Å²) < 4.78 is 13.6. The van der Waals surface area contributed by atoms with Crippen LogP contribution in [-0.2, 0) is 0 Å². The number of aromatic nitrogens is 2. The summed E-state index contributed by atoms with van der Waals surface area (Å²) in [6.07, 6.45) is 0. The van der Waals surface area contributed by atoms with Gasteiger partial charge >= 0.3 is 0 Å². The van der Waals surface area contributed by atoms with Crippen LogP contribution in [0.3, 0.4) is 0 Å². The molecule has 242 valence electrons. The highest BCUT2D eigenvalue weighted by Gasteiger charge is 2.18. The summed E-state index contributed by atoms with van der Waals surface area (Å²) in [7, 11) is 0. The molecule has 4 heteroatoms. The molecule has 0 aliphatic carbocycles. The van der Waals surface area contributed by atoms with E-state index in [1.54, 1.807) is 0 Å². The smallest absolute Gasteiger partial charge is 0.136 e. The van der Waals surface area contributed by atoms with E-state index in [1.807, 2.05) is 23.5 Å². The van der Waals surface area contributed by atoms with E-state index < -0.39 is 0 Å². The minimum atomic E-state index is 0.937. The Morgan fingerprint density at radius 2 is 0.904 bits per heavy atom. The van der Waals surface area contributed by atoms with E-state index in [0.717, 1.165) is 11.2 Å². The number of para-hydroxylation sites is 4. The minimum absolute atomic E-state index is 0.937. The van der Waals surface area contributed by atoms with Crippen molar-refractivity contribution < 1.29 is 4.42 Å². The zero-order valence-electron chi connectivity index (χ0n) is 27.9. The van der Waals surface area contributed by atoms with E-state index >= 15 is 0 Å². The van der Waals surface area contributed by atoms with Gasteiger partial charge in [-0.15, -0.1) is 11.3 Å². The normalized spacial score (nSPS) is 12.2. The van der Waals surface area contributed by atoms with Gasteiger partial charge in [-0.05, 0) is 90.0 Å². The number of fused-ring (bicyclic) bond motifs is 12. The van der Waals surface area contributed by atoms with Crippen molar-refractivity contribution in [3.63, 3.8) is 0 Å². The molecule has 4 aromatic heterocycles. The molecule has 0 amide bonds. The predicted molar refractivity (Wildman–Crippen MR) is 221 cm³/mol. The number of hydrogen-bond donors (Lipinski definition) is 0. The van der Waals surface area contributed by atoms with Gasteiger partial charge < -0.3 is 13.6 Å².